The summed E-state index contributed by atoms with van der Waals surface area (Å²) in [6.07, 6.45) is 1.44. The molecule has 2 aromatic carbocycles. The predicted molar refractivity (Wildman–Crippen MR) is 87.3 cm³/mol. The van der Waals surface area contributed by atoms with Crippen molar-refractivity contribution < 1.29 is 9.13 Å². The number of ether oxygens (including phenoxy) is 1. The van der Waals surface area contributed by atoms with Crippen LogP contribution >= 0.6 is 15.9 Å². The largest absolute Gasteiger partial charge is 0.494 e. The van der Waals surface area contributed by atoms with Crippen molar-refractivity contribution in [3.8, 4) is 5.75 Å². The molecule has 112 valence electrons. The van der Waals surface area contributed by atoms with Crippen LogP contribution in [0.1, 0.15) is 11.1 Å². The second kappa shape index (κ2) is 7.57. The minimum Gasteiger partial charge on any atom is -0.494 e. The zero-order valence-corrected chi connectivity index (χ0v) is 13.8. The summed E-state index contributed by atoms with van der Waals surface area (Å²) in [4.78, 5) is 0. The number of rotatable bonds is 6. The van der Waals surface area contributed by atoms with Crippen molar-refractivity contribution in [2.24, 2.45) is 0 Å². The molecule has 0 heterocycles. The Labute approximate surface area is 133 Å². The Bertz CT molecular complexity index is 603. The summed E-state index contributed by atoms with van der Waals surface area (Å²) in [6.45, 7) is 0. The van der Waals surface area contributed by atoms with Gasteiger partial charge in [-0.25, -0.2) is 4.39 Å². The van der Waals surface area contributed by atoms with Gasteiger partial charge in [0.1, 0.15) is 0 Å². The van der Waals surface area contributed by atoms with Crippen molar-refractivity contribution in [2.45, 2.75) is 18.9 Å². The predicted octanol–water partition coefficient (Wildman–Crippen LogP) is 3.97. The third-order valence-corrected chi connectivity index (χ3v) is 4.34. The molecule has 1 atom stereocenters. The first-order chi connectivity index (χ1) is 10.2. The molecule has 0 aliphatic heterocycles. The molecule has 0 bridgehead atoms. The molecule has 2 rings (SSSR count). The fourth-order valence-corrected chi connectivity index (χ4v) is 2.79. The van der Waals surface area contributed by atoms with Crippen LogP contribution in [0.5, 0.6) is 5.75 Å². The molecule has 0 amide bonds. The van der Waals surface area contributed by atoms with Crippen LogP contribution < -0.4 is 10.1 Å². The fraction of sp³-hybridized carbons (Fsp3) is 0.294. The lowest BCUT2D eigenvalue weighted by molar-refractivity contribution is 0.382. The third-order valence-electron chi connectivity index (χ3n) is 3.56. The third kappa shape index (κ3) is 4.05. The number of halogens is 2. The van der Waals surface area contributed by atoms with Gasteiger partial charge in [-0.3, -0.25) is 0 Å². The molecule has 0 aliphatic carbocycles. The van der Waals surface area contributed by atoms with E-state index >= 15 is 0 Å². The standard InChI is InChI=1S/C17H19BrFNO/c1-20-14(10-12-6-3-4-8-15(12)18)11-13-7-5-9-16(21-2)17(13)19/h3-9,14,20H,10-11H2,1-2H3. The summed E-state index contributed by atoms with van der Waals surface area (Å²) in [5.74, 6) is 0.0237. The molecule has 0 aliphatic rings. The van der Waals surface area contributed by atoms with E-state index in [1.165, 1.54) is 12.7 Å². The summed E-state index contributed by atoms with van der Waals surface area (Å²) >= 11 is 3.55. The highest BCUT2D eigenvalue weighted by Crippen LogP contribution is 2.23. The van der Waals surface area contributed by atoms with Gasteiger partial charge in [-0.05, 0) is 43.1 Å². The summed E-state index contributed by atoms with van der Waals surface area (Å²) in [6, 6.07) is 13.5. The summed E-state index contributed by atoms with van der Waals surface area (Å²) in [5, 5.41) is 3.26. The van der Waals surface area contributed by atoms with Gasteiger partial charge in [0.05, 0.1) is 7.11 Å². The van der Waals surface area contributed by atoms with Crippen LogP contribution in [0, 0.1) is 5.82 Å². The summed E-state index contributed by atoms with van der Waals surface area (Å²) < 4.78 is 20.3. The fourth-order valence-electron chi connectivity index (χ4n) is 2.34. The minimum atomic E-state index is -0.271. The summed E-state index contributed by atoms with van der Waals surface area (Å²) in [7, 11) is 3.39. The molecule has 0 fully saturated rings. The maximum absolute atomic E-state index is 14.2. The first kappa shape index (κ1) is 16.0. The minimum absolute atomic E-state index is 0.158. The molecule has 4 heteroatoms. The number of methoxy groups -OCH3 is 1. The molecule has 2 aromatic rings. The first-order valence-electron chi connectivity index (χ1n) is 6.87. The quantitative estimate of drug-likeness (QED) is 0.850. The number of hydrogen-bond donors (Lipinski definition) is 1. The monoisotopic (exact) mass is 351 g/mol. The zero-order valence-electron chi connectivity index (χ0n) is 12.2. The van der Waals surface area contributed by atoms with E-state index < -0.39 is 0 Å². The van der Waals surface area contributed by atoms with Crippen molar-refractivity contribution in [3.63, 3.8) is 0 Å². The maximum Gasteiger partial charge on any atom is 0.168 e. The van der Waals surface area contributed by atoms with Crippen molar-refractivity contribution in [3.05, 3.63) is 63.9 Å². The molecule has 21 heavy (non-hydrogen) atoms. The number of likely N-dealkylation sites (N-methyl/N-ethyl adjacent to an activating group) is 1. The second-order valence-electron chi connectivity index (χ2n) is 4.92. The molecule has 1 N–H and O–H groups in total. The van der Waals surface area contributed by atoms with Gasteiger partial charge in [0.25, 0.3) is 0 Å². The summed E-state index contributed by atoms with van der Waals surface area (Å²) in [5.41, 5.74) is 1.88. The Morgan fingerprint density at radius 2 is 1.76 bits per heavy atom. The Kier molecular flexibility index (Phi) is 5.76. The van der Waals surface area contributed by atoms with Gasteiger partial charge in [-0.2, -0.15) is 0 Å². The van der Waals surface area contributed by atoms with Gasteiger partial charge in [-0.1, -0.05) is 46.3 Å². The SMILES string of the molecule is CNC(Cc1ccccc1Br)Cc1cccc(OC)c1F. The van der Waals surface area contributed by atoms with E-state index in [1.807, 2.05) is 37.4 Å². The van der Waals surface area contributed by atoms with Crippen LogP contribution in [0.4, 0.5) is 4.39 Å². The molecule has 0 radical (unpaired) electrons. The first-order valence-corrected chi connectivity index (χ1v) is 7.67. The molecule has 0 aromatic heterocycles. The van der Waals surface area contributed by atoms with Gasteiger partial charge in [0.2, 0.25) is 0 Å². The van der Waals surface area contributed by atoms with E-state index in [1.54, 1.807) is 6.07 Å². The van der Waals surface area contributed by atoms with E-state index in [0.29, 0.717) is 17.7 Å². The van der Waals surface area contributed by atoms with E-state index in [4.69, 9.17) is 4.74 Å². The van der Waals surface area contributed by atoms with E-state index in [-0.39, 0.29) is 11.9 Å². The highest BCUT2D eigenvalue weighted by Gasteiger charge is 2.15. The Morgan fingerprint density at radius 1 is 1.10 bits per heavy atom. The number of hydrogen-bond acceptors (Lipinski definition) is 2. The second-order valence-corrected chi connectivity index (χ2v) is 5.77. The molecular formula is C17H19BrFNO. The van der Waals surface area contributed by atoms with Gasteiger partial charge < -0.3 is 10.1 Å². The highest BCUT2D eigenvalue weighted by molar-refractivity contribution is 9.10. The molecule has 0 saturated heterocycles. The molecule has 0 saturated carbocycles. The van der Waals surface area contributed by atoms with E-state index in [0.717, 1.165) is 10.9 Å². The lowest BCUT2D eigenvalue weighted by atomic mass is 9.98. The Balaban J connectivity index is 2.15. The van der Waals surface area contributed by atoms with E-state index in [2.05, 4.69) is 27.3 Å². The van der Waals surface area contributed by atoms with Gasteiger partial charge in [0, 0.05) is 10.5 Å². The van der Waals surface area contributed by atoms with Gasteiger partial charge in [-0.15, -0.1) is 0 Å². The molecule has 0 spiro atoms. The average Bonchev–Trinajstić information content (AvgIpc) is 2.50. The van der Waals surface area contributed by atoms with Crippen LogP contribution in [0.15, 0.2) is 46.9 Å². The maximum atomic E-state index is 14.2. The highest BCUT2D eigenvalue weighted by atomic mass is 79.9. The Hall–Kier alpha value is -1.39. The number of nitrogens with one attached hydrogen (secondary N) is 1. The van der Waals surface area contributed by atoms with Gasteiger partial charge >= 0.3 is 0 Å². The van der Waals surface area contributed by atoms with Crippen LogP contribution in [0.2, 0.25) is 0 Å². The smallest absolute Gasteiger partial charge is 0.168 e. The average molecular weight is 352 g/mol. The van der Waals surface area contributed by atoms with Crippen molar-refractivity contribution in [2.75, 3.05) is 14.2 Å². The normalized spacial score (nSPS) is 12.2. The van der Waals surface area contributed by atoms with Crippen molar-refractivity contribution >= 4 is 15.9 Å². The molecule has 2 nitrogen and oxygen atoms in total. The van der Waals surface area contributed by atoms with Crippen LogP contribution in [-0.2, 0) is 12.8 Å². The van der Waals surface area contributed by atoms with Crippen LogP contribution in [0.3, 0.4) is 0 Å². The van der Waals surface area contributed by atoms with Gasteiger partial charge in [0.15, 0.2) is 11.6 Å². The lowest BCUT2D eigenvalue weighted by Gasteiger charge is -2.18. The lowest BCUT2D eigenvalue weighted by Crippen LogP contribution is -2.30. The van der Waals surface area contributed by atoms with Crippen LogP contribution in [0.25, 0.3) is 0 Å². The van der Waals surface area contributed by atoms with Crippen molar-refractivity contribution in [1.29, 1.82) is 0 Å². The topological polar surface area (TPSA) is 21.3 Å². The Morgan fingerprint density at radius 3 is 2.43 bits per heavy atom. The molecule has 1 unspecified atom stereocenters. The molecular weight excluding hydrogens is 333 g/mol. The van der Waals surface area contributed by atoms with Crippen molar-refractivity contribution in [1.82, 2.24) is 5.32 Å². The zero-order chi connectivity index (χ0) is 15.2. The van der Waals surface area contributed by atoms with E-state index in [9.17, 15) is 4.39 Å². The number of benzene rings is 2. The van der Waals surface area contributed by atoms with Crippen LogP contribution in [-0.4, -0.2) is 20.2 Å².